The van der Waals surface area contributed by atoms with E-state index >= 15 is 0 Å². The summed E-state index contributed by atoms with van der Waals surface area (Å²) in [6.45, 7) is 2.23. The Morgan fingerprint density at radius 2 is 1.38 bits per heavy atom. The molecule has 3 heterocycles. The Labute approximate surface area is 154 Å². The molecule has 26 heavy (non-hydrogen) atoms. The molecule has 5 rings (SSSR count). The molecule has 2 aliphatic rings. The summed E-state index contributed by atoms with van der Waals surface area (Å²) >= 11 is 0. The molecule has 0 fully saturated rings. The van der Waals surface area contributed by atoms with Gasteiger partial charge in [-0.1, -0.05) is 18.2 Å². The Morgan fingerprint density at radius 3 is 2.04 bits per heavy atom. The first-order valence-corrected chi connectivity index (χ1v) is 9.32. The number of benzene rings is 1. The zero-order valence-corrected chi connectivity index (χ0v) is 14.9. The van der Waals surface area contributed by atoms with E-state index in [-0.39, 0.29) is 0 Å². The lowest BCUT2D eigenvalue weighted by Gasteiger charge is -2.30. The van der Waals surface area contributed by atoms with Crippen molar-refractivity contribution in [2.75, 3.05) is 4.90 Å². The van der Waals surface area contributed by atoms with Crippen molar-refractivity contribution in [3.8, 4) is 0 Å². The summed E-state index contributed by atoms with van der Waals surface area (Å²) in [7, 11) is 0. The van der Waals surface area contributed by atoms with Crippen molar-refractivity contribution >= 4 is 29.5 Å². The maximum atomic E-state index is 4.74. The molecule has 1 aliphatic heterocycles. The number of hydrogen-bond acceptors (Lipinski definition) is 3. The van der Waals surface area contributed by atoms with Crippen LogP contribution < -0.4 is 4.90 Å². The molecule has 0 saturated heterocycles. The van der Waals surface area contributed by atoms with E-state index in [1.807, 2.05) is 24.5 Å². The molecular formula is C23H21N3. The van der Waals surface area contributed by atoms with Gasteiger partial charge in [0.1, 0.15) is 11.6 Å². The summed E-state index contributed by atoms with van der Waals surface area (Å²) in [6, 6.07) is 12.7. The van der Waals surface area contributed by atoms with Gasteiger partial charge in [-0.25, -0.2) is 9.97 Å². The van der Waals surface area contributed by atoms with Gasteiger partial charge in [-0.2, -0.15) is 0 Å². The molecule has 0 bridgehead atoms. The van der Waals surface area contributed by atoms with Crippen LogP contribution in [0.5, 0.6) is 0 Å². The molecule has 1 aromatic carbocycles. The number of rotatable bonds is 1. The molecular weight excluding hydrogens is 318 g/mol. The first-order chi connectivity index (χ1) is 12.8. The predicted octanol–water partition coefficient (Wildman–Crippen LogP) is 5.62. The topological polar surface area (TPSA) is 29.0 Å². The van der Waals surface area contributed by atoms with E-state index in [4.69, 9.17) is 9.97 Å². The SMILES string of the molecule is Cc1ccc(N2c3ncccc3C=Cc3cccnc32)c2c1CCCC2. The second-order valence-corrected chi connectivity index (χ2v) is 7.07. The van der Waals surface area contributed by atoms with Crippen LogP contribution in [0.4, 0.5) is 17.3 Å². The number of hydrogen-bond donors (Lipinski definition) is 0. The summed E-state index contributed by atoms with van der Waals surface area (Å²) in [5, 5.41) is 0. The normalized spacial score (nSPS) is 15.0. The van der Waals surface area contributed by atoms with Gasteiger partial charge in [0, 0.05) is 23.5 Å². The molecule has 0 N–H and O–H groups in total. The average molecular weight is 339 g/mol. The van der Waals surface area contributed by atoms with Gasteiger partial charge < -0.3 is 0 Å². The van der Waals surface area contributed by atoms with Crippen LogP contribution in [0, 0.1) is 6.92 Å². The smallest absolute Gasteiger partial charge is 0.146 e. The second-order valence-electron chi connectivity index (χ2n) is 7.07. The van der Waals surface area contributed by atoms with Crippen molar-refractivity contribution in [2.24, 2.45) is 0 Å². The van der Waals surface area contributed by atoms with Crippen LogP contribution in [0.2, 0.25) is 0 Å². The van der Waals surface area contributed by atoms with Crippen molar-refractivity contribution in [3.63, 3.8) is 0 Å². The van der Waals surface area contributed by atoms with E-state index in [9.17, 15) is 0 Å². The van der Waals surface area contributed by atoms with Crippen molar-refractivity contribution in [1.29, 1.82) is 0 Å². The van der Waals surface area contributed by atoms with Gasteiger partial charge in [-0.3, -0.25) is 4.90 Å². The molecule has 128 valence electrons. The first kappa shape index (κ1) is 15.3. The number of aromatic nitrogens is 2. The fourth-order valence-corrected chi connectivity index (χ4v) is 4.20. The van der Waals surface area contributed by atoms with Crippen LogP contribution in [-0.4, -0.2) is 9.97 Å². The van der Waals surface area contributed by atoms with Crippen molar-refractivity contribution in [1.82, 2.24) is 9.97 Å². The molecule has 0 atom stereocenters. The third-order valence-electron chi connectivity index (χ3n) is 5.48. The zero-order chi connectivity index (χ0) is 17.5. The zero-order valence-electron chi connectivity index (χ0n) is 14.9. The van der Waals surface area contributed by atoms with Crippen molar-refractivity contribution in [2.45, 2.75) is 32.6 Å². The lowest BCUT2D eigenvalue weighted by Crippen LogP contribution is -2.18. The Bertz CT molecular complexity index is 970. The molecule has 0 amide bonds. The highest BCUT2D eigenvalue weighted by molar-refractivity contribution is 5.91. The highest BCUT2D eigenvalue weighted by atomic mass is 15.2. The number of pyridine rings is 2. The van der Waals surface area contributed by atoms with Gasteiger partial charge in [0.15, 0.2) is 0 Å². The molecule has 0 radical (unpaired) electrons. The minimum atomic E-state index is 0.956. The minimum absolute atomic E-state index is 0.956. The van der Waals surface area contributed by atoms with Gasteiger partial charge in [-0.05, 0) is 79.6 Å². The van der Waals surface area contributed by atoms with E-state index in [0.29, 0.717) is 0 Å². The third kappa shape index (κ3) is 2.35. The minimum Gasteiger partial charge on any atom is -0.278 e. The molecule has 3 aromatic rings. The van der Waals surface area contributed by atoms with Crippen LogP contribution in [-0.2, 0) is 12.8 Å². The highest BCUT2D eigenvalue weighted by Gasteiger charge is 2.26. The molecule has 3 nitrogen and oxygen atoms in total. The highest BCUT2D eigenvalue weighted by Crippen LogP contribution is 2.43. The summed E-state index contributed by atoms with van der Waals surface area (Å²) in [5.41, 5.74) is 7.85. The van der Waals surface area contributed by atoms with Crippen LogP contribution in [0.25, 0.3) is 12.2 Å². The largest absolute Gasteiger partial charge is 0.278 e. The number of anilines is 3. The first-order valence-electron chi connectivity index (χ1n) is 9.32. The van der Waals surface area contributed by atoms with Gasteiger partial charge in [-0.15, -0.1) is 0 Å². The summed E-state index contributed by atoms with van der Waals surface area (Å²) in [5.74, 6) is 1.91. The molecule has 0 unspecified atom stereocenters. The molecule has 0 spiro atoms. The second kappa shape index (κ2) is 6.10. The fraction of sp³-hybridized carbons (Fsp3) is 0.217. The van der Waals surface area contributed by atoms with Crippen LogP contribution in [0.3, 0.4) is 0 Å². The van der Waals surface area contributed by atoms with Gasteiger partial charge in [0.2, 0.25) is 0 Å². The van der Waals surface area contributed by atoms with Gasteiger partial charge >= 0.3 is 0 Å². The van der Waals surface area contributed by atoms with Crippen LogP contribution in [0.1, 0.15) is 40.7 Å². The van der Waals surface area contributed by atoms with Crippen LogP contribution in [0.15, 0.2) is 48.8 Å². The maximum Gasteiger partial charge on any atom is 0.146 e. The van der Waals surface area contributed by atoms with E-state index in [0.717, 1.165) is 29.2 Å². The lowest BCUT2D eigenvalue weighted by molar-refractivity contribution is 0.682. The van der Waals surface area contributed by atoms with E-state index < -0.39 is 0 Å². The summed E-state index contributed by atoms with van der Waals surface area (Å²) in [4.78, 5) is 11.7. The standard InChI is InChI=1S/C23H21N3/c1-16-10-13-21(20-9-3-2-8-19(16)20)26-22-17(6-4-14-24-22)11-12-18-7-5-15-25-23(18)26/h4-7,10-15H,2-3,8-9H2,1H3. The summed E-state index contributed by atoms with van der Waals surface area (Å²) in [6.07, 6.45) is 12.9. The number of fused-ring (bicyclic) bond motifs is 3. The van der Waals surface area contributed by atoms with E-state index in [2.05, 4.69) is 48.2 Å². The quantitative estimate of drug-likeness (QED) is 0.451. The van der Waals surface area contributed by atoms with Crippen molar-refractivity contribution < 1.29 is 0 Å². The van der Waals surface area contributed by atoms with Crippen molar-refractivity contribution in [3.05, 3.63) is 76.6 Å². The monoisotopic (exact) mass is 339 g/mol. The lowest BCUT2D eigenvalue weighted by atomic mass is 9.87. The Balaban J connectivity index is 1.81. The van der Waals surface area contributed by atoms with Gasteiger partial charge in [0.25, 0.3) is 0 Å². The molecule has 2 aromatic heterocycles. The van der Waals surface area contributed by atoms with E-state index in [1.54, 1.807) is 0 Å². The fourth-order valence-electron chi connectivity index (χ4n) is 4.20. The Morgan fingerprint density at radius 1 is 0.769 bits per heavy atom. The molecule has 1 aliphatic carbocycles. The number of nitrogens with zero attached hydrogens (tertiary/aromatic N) is 3. The van der Waals surface area contributed by atoms with Gasteiger partial charge in [0.05, 0.1) is 5.69 Å². The Kier molecular flexibility index (Phi) is 3.59. The molecule has 0 saturated carbocycles. The number of aryl methyl sites for hydroxylation is 1. The Hall–Kier alpha value is -2.94. The van der Waals surface area contributed by atoms with E-state index in [1.165, 1.54) is 41.6 Å². The third-order valence-corrected chi connectivity index (χ3v) is 5.48. The molecule has 3 heteroatoms. The summed E-state index contributed by atoms with van der Waals surface area (Å²) < 4.78 is 0. The predicted molar refractivity (Wildman–Crippen MR) is 107 cm³/mol. The average Bonchev–Trinajstić information content (AvgIpc) is 2.86. The van der Waals surface area contributed by atoms with Crippen LogP contribution >= 0.6 is 0 Å². The maximum absolute atomic E-state index is 4.74.